The molecule has 1 aliphatic rings. The van der Waals surface area contributed by atoms with E-state index in [4.69, 9.17) is 12.2 Å². The maximum absolute atomic E-state index is 5.72. The number of fused-ring (bicyclic) bond motifs is 1. The maximum atomic E-state index is 5.72. The first kappa shape index (κ1) is 10.1. The molecule has 0 bridgehead atoms. The Hall–Kier alpha value is -0.980. The van der Waals surface area contributed by atoms with Crippen LogP contribution in [-0.4, -0.2) is 11.9 Å². The number of terminal acetylenes is 1. The van der Waals surface area contributed by atoms with E-state index in [2.05, 4.69) is 17.0 Å². The van der Waals surface area contributed by atoms with Crippen LogP contribution in [0.5, 0.6) is 0 Å². The van der Waals surface area contributed by atoms with E-state index in [1.54, 1.807) is 11.3 Å². The fraction of sp³-hybridized carbons (Fsp3) is 0.222. The number of thiophene rings is 1. The third-order valence-electron chi connectivity index (χ3n) is 1.88. The third-order valence-corrected chi connectivity index (χ3v) is 2.86. The normalized spacial score (nSPS) is 19.3. The van der Waals surface area contributed by atoms with E-state index in [1.807, 2.05) is 5.38 Å². The van der Waals surface area contributed by atoms with Crippen LogP contribution in [0.25, 0.3) is 0 Å². The lowest BCUT2D eigenvalue weighted by molar-refractivity contribution is 0.822. The van der Waals surface area contributed by atoms with Crippen molar-refractivity contribution in [3.8, 4) is 12.3 Å². The molecular formula is C9H9ClN2S. The first-order chi connectivity index (χ1) is 5.81. The van der Waals surface area contributed by atoms with E-state index in [9.17, 15) is 0 Å². The second kappa shape index (κ2) is 3.82. The van der Waals surface area contributed by atoms with Crippen LogP contribution in [0.3, 0.4) is 0 Å². The van der Waals surface area contributed by atoms with Gasteiger partial charge in [0.05, 0.1) is 4.88 Å². The molecule has 0 amide bonds. The first-order valence-electron chi connectivity index (χ1n) is 3.67. The number of nitrogens with two attached hydrogens (primary N) is 1. The van der Waals surface area contributed by atoms with Gasteiger partial charge in [0.1, 0.15) is 11.9 Å². The van der Waals surface area contributed by atoms with Gasteiger partial charge in [0, 0.05) is 6.42 Å². The van der Waals surface area contributed by atoms with E-state index in [-0.39, 0.29) is 18.4 Å². The third kappa shape index (κ3) is 1.69. The van der Waals surface area contributed by atoms with Crippen molar-refractivity contribution in [3.63, 3.8) is 0 Å². The molecule has 68 valence electrons. The van der Waals surface area contributed by atoms with Crippen LogP contribution in [-0.2, 0) is 6.42 Å². The van der Waals surface area contributed by atoms with Gasteiger partial charge in [0.2, 0.25) is 0 Å². The van der Waals surface area contributed by atoms with Crippen LogP contribution >= 0.6 is 23.7 Å². The van der Waals surface area contributed by atoms with Gasteiger partial charge in [-0.05, 0) is 17.0 Å². The Morgan fingerprint density at radius 2 is 2.46 bits per heavy atom. The highest BCUT2D eigenvalue weighted by molar-refractivity contribution is 7.12. The Morgan fingerprint density at radius 1 is 1.69 bits per heavy atom. The molecule has 2 rings (SSSR count). The zero-order valence-corrected chi connectivity index (χ0v) is 8.49. The average molecular weight is 213 g/mol. The number of hydrogen-bond acceptors (Lipinski definition) is 3. The topological polar surface area (TPSA) is 38.4 Å². The zero-order valence-electron chi connectivity index (χ0n) is 6.86. The molecule has 2 N–H and O–H groups in total. The summed E-state index contributed by atoms with van der Waals surface area (Å²) in [5.41, 5.74) is 6.95. The van der Waals surface area contributed by atoms with Crippen LogP contribution in [0.2, 0.25) is 0 Å². The molecule has 1 aromatic rings. The Kier molecular flexibility index (Phi) is 2.97. The lowest BCUT2D eigenvalue weighted by atomic mass is 10.0. The lowest BCUT2D eigenvalue weighted by Gasteiger charge is -2.13. The van der Waals surface area contributed by atoms with Crippen molar-refractivity contribution in [3.05, 3.63) is 21.9 Å². The van der Waals surface area contributed by atoms with Gasteiger partial charge < -0.3 is 5.73 Å². The van der Waals surface area contributed by atoms with Crippen molar-refractivity contribution in [2.24, 2.45) is 10.7 Å². The maximum Gasteiger partial charge on any atom is 0.137 e. The molecular weight excluding hydrogens is 204 g/mol. The zero-order chi connectivity index (χ0) is 8.55. The van der Waals surface area contributed by atoms with Gasteiger partial charge in [0.25, 0.3) is 0 Å². The first-order valence-corrected chi connectivity index (χ1v) is 4.55. The standard InChI is InChI=1S/C9H8N2S.ClH/c1-2-7-5-6-3-4-12-8(6)9(10)11-7;/h1,3-4,7H,5H2,(H2,10,11);1H. The summed E-state index contributed by atoms with van der Waals surface area (Å²) in [5, 5.41) is 2.02. The summed E-state index contributed by atoms with van der Waals surface area (Å²) in [6.07, 6.45) is 6.11. The summed E-state index contributed by atoms with van der Waals surface area (Å²) in [6, 6.07) is 2.00. The highest BCUT2D eigenvalue weighted by atomic mass is 35.5. The van der Waals surface area contributed by atoms with Crippen LogP contribution in [0.15, 0.2) is 16.4 Å². The Bertz CT molecular complexity index is 375. The summed E-state index contributed by atoms with van der Waals surface area (Å²) in [4.78, 5) is 5.27. The number of hydrogen-bond donors (Lipinski definition) is 1. The smallest absolute Gasteiger partial charge is 0.137 e. The van der Waals surface area contributed by atoms with Gasteiger partial charge in [-0.15, -0.1) is 30.2 Å². The summed E-state index contributed by atoms with van der Waals surface area (Å²) in [6.45, 7) is 0. The van der Waals surface area contributed by atoms with Gasteiger partial charge in [0.15, 0.2) is 0 Å². The summed E-state index contributed by atoms with van der Waals surface area (Å²) >= 11 is 1.62. The van der Waals surface area contributed by atoms with Crippen molar-refractivity contribution in [1.29, 1.82) is 0 Å². The average Bonchev–Trinajstić information content (AvgIpc) is 2.52. The molecule has 1 aliphatic heterocycles. The fourth-order valence-corrected chi connectivity index (χ4v) is 2.14. The van der Waals surface area contributed by atoms with Crippen LogP contribution in [0.1, 0.15) is 10.4 Å². The Labute approximate surface area is 87.3 Å². The summed E-state index contributed by atoms with van der Waals surface area (Å²) in [5.74, 6) is 3.19. The Balaban J connectivity index is 0.000000845. The van der Waals surface area contributed by atoms with E-state index >= 15 is 0 Å². The van der Waals surface area contributed by atoms with Gasteiger partial charge in [-0.2, -0.15) is 0 Å². The number of amidine groups is 1. The Morgan fingerprint density at radius 3 is 3.15 bits per heavy atom. The van der Waals surface area contributed by atoms with E-state index in [0.29, 0.717) is 5.84 Å². The van der Waals surface area contributed by atoms with Gasteiger partial charge in [-0.25, -0.2) is 0 Å². The van der Waals surface area contributed by atoms with Crippen LogP contribution < -0.4 is 5.73 Å². The number of aliphatic imine (C=N–C) groups is 1. The highest BCUT2D eigenvalue weighted by Gasteiger charge is 2.18. The van der Waals surface area contributed by atoms with Crippen molar-refractivity contribution >= 4 is 29.6 Å². The summed E-state index contributed by atoms with van der Waals surface area (Å²) in [7, 11) is 0. The molecule has 0 radical (unpaired) electrons. The molecule has 13 heavy (non-hydrogen) atoms. The lowest BCUT2D eigenvalue weighted by Crippen LogP contribution is -2.23. The molecule has 4 heteroatoms. The molecule has 0 saturated carbocycles. The van der Waals surface area contributed by atoms with Gasteiger partial charge in [-0.3, -0.25) is 4.99 Å². The van der Waals surface area contributed by atoms with Crippen molar-refractivity contribution in [2.45, 2.75) is 12.5 Å². The van der Waals surface area contributed by atoms with Crippen molar-refractivity contribution in [1.82, 2.24) is 0 Å². The number of halogens is 1. The monoisotopic (exact) mass is 212 g/mol. The van der Waals surface area contributed by atoms with Crippen molar-refractivity contribution in [2.75, 3.05) is 0 Å². The van der Waals surface area contributed by atoms with Crippen LogP contribution in [0.4, 0.5) is 0 Å². The molecule has 2 nitrogen and oxygen atoms in total. The fourth-order valence-electron chi connectivity index (χ4n) is 1.30. The second-order valence-electron chi connectivity index (χ2n) is 2.68. The molecule has 0 fully saturated rings. The molecule has 1 unspecified atom stereocenters. The van der Waals surface area contributed by atoms with Gasteiger partial charge in [-0.1, -0.05) is 5.92 Å². The highest BCUT2D eigenvalue weighted by Crippen LogP contribution is 2.22. The molecule has 2 heterocycles. The van der Waals surface area contributed by atoms with E-state index in [1.165, 1.54) is 5.56 Å². The van der Waals surface area contributed by atoms with Crippen molar-refractivity contribution < 1.29 is 0 Å². The SMILES string of the molecule is C#CC1Cc2ccsc2C(N)=N1.Cl. The molecule has 1 aromatic heterocycles. The predicted octanol–water partition coefficient (Wildman–Crippen LogP) is 1.43. The molecule has 0 saturated heterocycles. The van der Waals surface area contributed by atoms with E-state index in [0.717, 1.165) is 11.3 Å². The number of nitrogens with zero attached hydrogens (tertiary/aromatic N) is 1. The predicted molar refractivity (Wildman–Crippen MR) is 58.6 cm³/mol. The minimum absolute atomic E-state index is 0. The van der Waals surface area contributed by atoms with E-state index < -0.39 is 0 Å². The summed E-state index contributed by atoms with van der Waals surface area (Å²) < 4.78 is 0. The molecule has 0 aromatic carbocycles. The molecule has 1 atom stereocenters. The largest absolute Gasteiger partial charge is 0.383 e. The molecule has 0 spiro atoms. The molecule has 0 aliphatic carbocycles. The number of rotatable bonds is 0. The second-order valence-corrected chi connectivity index (χ2v) is 3.59. The minimum Gasteiger partial charge on any atom is -0.383 e. The van der Waals surface area contributed by atoms with Crippen LogP contribution in [0, 0.1) is 12.3 Å². The quantitative estimate of drug-likeness (QED) is 0.650. The van der Waals surface area contributed by atoms with Gasteiger partial charge >= 0.3 is 0 Å². The minimum atomic E-state index is -0.0629.